The second-order valence-corrected chi connectivity index (χ2v) is 7.71. The number of nitrogens with zero attached hydrogens (tertiary/aromatic N) is 2. The van der Waals surface area contributed by atoms with Gasteiger partial charge in [0.2, 0.25) is 0 Å². The number of carbonyl (C=O) groups is 2. The van der Waals surface area contributed by atoms with Gasteiger partial charge in [-0.3, -0.25) is 10.5 Å². The van der Waals surface area contributed by atoms with Gasteiger partial charge in [-0.1, -0.05) is 17.7 Å². The predicted octanol–water partition coefficient (Wildman–Crippen LogP) is 6.82. The molecule has 1 aromatic heterocycles. The number of fused-ring (bicyclic) bond motifs is 1. The molecule has 35 heavy (non-hydrogen) atoms. The smallest absolute Gasteiger partial charge is 0.417 e. The van der Waals surface area contributed by atoms with Crippen LogP contribution in [0, 0.1) is 0 Å². The first-order valence-corrected chi connectivity index (χ1v) is 10.3. The standard InChI is InChI=1S/C23H16ClF3N4O4/c24-18-9-4-13(12-17(18)23(25,26)27)28-21(32)31(35)15-7-5-14(6-8-15)30-11-10-16-19(29-22(33)34)2-1-3-20(16)30/h1-12,29,35H,(H,28,32)(H,33,34). The molecular weight excluding hydrogens is 489 g/mol. The molecule has 0 saturated carbocycles. The fourth-order valence-electron chi connectivity index (χ4n) is 3.49. The molecule has 0 aliphatic heterocycles. The number of urea groups is 1. The molecule has 0 bridgehead atoms. The number of anilines is 3. The molecule has 180 valence electrons. The molecule has 0 radical (unpaired) electrons. The minimum absolute atomic E-state index is 0.0564. The van der Waals surface area contributed by atoms with Gasteiger partial charge in [0.25, 0.3) is 0 Å². The van der Waals surface area contributed by atoms with Crippen molar-refractivity contribution in [2.24, 2.45) is 0 Å². The zero-order chi connectivity index (χ0) is 25.3. The molecule has 12 heteroatoms. The van der Waals surface area contributed by atoms with Crippen molar-refractivity contribution >= 4 is 51.7 Å². The highest BCUT2D eigenvalue weighted by atomic mass is 35.5. The van der Waals surface area contributed by atoms with Crippen LogP contribution in [0.25, 0.3) is 16.6 Å². The summed E-state index contributed by atoms with van der Waals surface area (Å²) in [6.45, 7) is 0. The number of nitrogens with one attached hydrogen (secondary N) is 2. The number of hydrogen-bond acceptors (Lipinski definition) is 3. The Kier molecular flexibility index (Phi) is 6.29. The quantitative estimate of drug-likeness (QED) is 0.181. The van der Waals surface area contributed by atoms with Gasteiger partial charge in [-0.25, -0.2) is 9.59 Å². The first kappa shape index (κ1) is 23.9. The van der Waals surface area contributed by atoms with E-state index < -0.39 is 28.9 Å². The molecule has 0 spiro atoms. The van der Waals surface area contributed by atoms with E-state index in [1.807, 2.05) is 0 Å². The average molecular weight is 505 g/mol. The number of rotatable bonds is 4. The molecule has 0 unspecified atom stereocenters. The molecule has 4 N–H and O–H groups in total. The van der Waals surface area contributed by atoms with Crippen LogP contribution in [0.3, 0.4) is 0 Å². The third-order valence-electron chi connectivity index (χ3n) is 5.06. The Labute approximate surface area is 200 Å². The van der Waals surface area contributed by atoms with Crippen molar-refractivity contribution in [2.45, 2.75) is 6.18 Å². The summed E-state index contributed by atoms with van der Waals surface area (Å²) in [7, 11) is 0. The summed E-state index contributed by atoms with van der Waals surface area (Å²) in [6.07, 6.45) is -4.17. The first-order chi connectivity index (χ1) is 16.5. The van der Waals surface area contributed by atoms with E-state index in [1.165, 1.54) is 18.2 Å². The van der Waals surface area contributed by atoms with Crippen molar-refractivity contribution in [1.82, 2.24) is 4.57 Å². The Balaban J connectivity index is 1.53. The molecule has 4 aromatic rings. The molecule has 3 amide bonds. The van der Waals surface area contributed by atoms with Crippen molar-refractivity contribution in [1.29, 1.82) is 0 Å². The molecule has 3 aromatic carbocycles. The van der Waals surface area contributed by atoms with Gasteiger partial charge in [-0.2, -0.15) is 18.2 Å². The van der Waals surface area contributed by atoms with Gasteiger partial charge in [0.15, 0.2) is 0 Å². The number of alkyl halides is 3. The van der Waals surface area contributed by atoms with E-state index in [1.54, 1.807) is 47.2 Å². The van der Waals surface area contributed by atoms with Crippen molar-refractivity contribution in [3.05, 3.63) is 83.5 Å². The van der Waals surface area contributed by atoms with E-state index in [0.29, 0.717) is 28.3 Å². The Morgan fingerprint density at radius 3 is 2.34 bits per heavy atom. The first-order valence-electron chi connectivity index (χ1n) is 9.92. The maximum absolute atomic E-state index is 13.0. The lowest BCUT2D eigenvalue weighted by atomic mass is 10.2. The fourth-order valence-corrected chi connectivity index (χ4v) is 3.71. The van der Waals surface area contributed by atoms with E-state index in [2.05, 4.69) is 10.6 Å². The second-order valence-electron chi connectivity index (χ2n) is 7.31. The van der Waals surface area contributed by atoms with Crippen LogP contribution in [0.4, 0.5) is 39.8 Å². The van der Waals surface area contributed by atoms with Gasteiger partial charge in [0, 0.05) is 23.0 Å². The number of carboxylic acid groups (broad SMARTS) is 1. The van der Waals surface area contributed by atoms with E-state index in [9.17, 15) is 28.0 Å². The Morgan fingerprint density at radius 1 is 0.971 bits per heavy atom. The summed E-state index contributed by atoms with van der Waals surface area (Å²) in [5.41, 5.74) is 0.516. The van der Waals surface area contributed by atoms with Gasteiger partial charge in [-0.05, 0) is 60.7 Å². The predicted molar refractivity (Wildman–Crippen MR) is 125 cm³/mol. The molecule has 0 saturated heterocycles. The number of carbonyl (C=O) groups excluding carboxylic acids is 1. The highest BCUT2D eigenvalue weighted by Crippen LogP contribution is 2.36. The molecule has 0 aliphatic rings. The SMILES string of the molecule is O=C(O)Nc1cccc2c1ccn2-c1ccc(N(O)C(=O)Nc2ccc(Cl)c(C(F)(F)F)c2)cc1. The summed E-state index contributed by atoms with van der Waals surface area (Å²) in [4.78, 5) is 23.4. The average Bonchev–Trinajstić information content (AvgIpc) is 3.24. The Hall–Kier alpha value is -4.22. The maximum atomic E-state index is 13.0. The van der Waals surface area contributed by atoms with Crippen molar-refractivity contribution in [3.63, 3.8) is 0 Å². The van der Waals surface area contributed by atoms with Crippen LogP contribution in [0.5, 0.6) is 0 Å². The largest absolute Gasteiger partial charge is 0.465 e. The lowest BCUT2D eigenvalue weighted by Gasteiger charge is -2.17. The van der Waals surface area contributed by atoms with Crippen molar-refractivity contribution in [2.75, 3.05) is 15.7 Å². The van der Waals surface area contributed by atoms with Crippen LogP contribution >= 0.6 is 11.6 Å². The summed E-state index contributed by atoms with van der Waals surface area (Å²) in [5, 5.41) is 24.2. The number of hydroxylamine groups is 1. The van der Waals surface area contributed by atoms with Crippen LogP contribution < -0.4 is 15.7 Å². The van der Waals surface area contributed by atoms with Gasteiger partial charge < -0.3 is 15.0 Å². The summed E-state index contributed by atoms with van der Waals surface area (Å²) in [6, 6.07) is 14.7. The Bertz CT molecular complexity index is 1420. The monoisotopic (exact) mass is 504 g/mol. The molecule has 4 rings (SSSR count). The van der Waals surface area contributed by atoms with Crippen LogP contribution in [0.15, 0.2) is 72.9 Å². The minimum Gasteiger partial charge on any atom is -0.465 e. The molecule has 0 atom stereocenters. The van der Waals surface area contributed by atoms with Crippen LogP contribution in [0.2, 0.25) is 5.02 Å². The summed E-state index contributed by atoms with van der Waals surface area (Å²) >= 11 is 5.58. The molecule has 0 fully saturated rings. The maximum Gasteiger partial charge on any atom is 0.417 e. The normalized spacial score (nSPS) is 11.3. The summed E-state index contributed by atoms with van der Waals surface area (Å²) < 4.78 is 40.9. The lowest BCUT2D eigenvalue weighted by Crippen LogP contribution is -2.31. The zero-order valence-corrected chi connectivity index (χ0v) is 18.3. The summed E-state index contributed by atoms with van der Waals surface area (Å²) in [5.74, 6) is 0. The number of aromatic nitrogens is 1. The van der Waals surface area contributed by atoms with Crippen LogP contribution in [-0.4, -0.2) is 27.0 Å². The number of benzene rings is 3. The molecule has 0 aliphatic carbocycles. The second kappa shape index (κ2) is 9.20. The minimum atomic E-state index is -4.71. The third-order valence-corrected chi connectivity index (χ3v) is 5.39. The lowest BCUT2D eigenvalue weighted by molar-refractivity contribution is -0.137. The van der Waals surface area contributed by atoms with E-state index in [0.717, 1.165) is 6.07 Å². The highest BCUT2D eigenvalue weighted by Gasteiger charge is 2.33. The van der Waals surface area contributed by atoms with E-state index in [-0.39, 0.29) is 16.4 Å². The van der Waals surface area contributed by atoms with Gasteiger partial charge in [0.1, 0.15) is 0 Å². The molecular formula is C23H16ClF3N4O4. The van der Waals surface area contributed by atoms with Gasteiger partial charge in [-0.15, -0.1) is 0 Å². The van der Waals surface area contributed by atoms with Gasteiger partial charge >= 0.3 is 18.3 Å². The third kappa shape index (κ3) is 5.00. The number of hydrogen-bond donors (Lipinski definition) is 4. The Morgan fingerprint density at radius 2 is 1.69 bits per heavy atom. The van der Waals surface area contributed by atoms with Crippen LogP contribution in [0.1, 0.15) is 5.56 Å². The van der Waals surface area contributed by atoms with E-state index >= 15 is 0 Å². The van der Waals surface area contributed by atoms with E-state index in [4.69, 9.17) is 16.7 Å². The molecule has 1 heterocycles. The molecule has 8 nitrogen and oxygen atoms in total. The van der Waals surface area contributed by atoms with Crippen LogP contribution in [-0.2, 0) is 6.18 Å². The highest BCUT2D eigenvalue weighted by molar-refractivity contribution is 6.31. The van der Waals surface area contributed by atoms with Crippen molar-refractivity contribution < 1.29 is 33.1 Å². The fraction of sp³-hybridized carbons (Fsp3) is 0.0435. The number of halogens is 4. The van der Waals surface area contributed by atoms with Crippen molar-refractivity contribution in [3.8, 4) is 5.69 Å². The topological polar surface area (TPSA) is 107 Å². The zero-order valence-electron chi connectivity index (χ0n) is 17.5. The number of amides is 3. The van der Waals surface area contributed by atoms with Gasteiger partial charge in [0.05, 0.1) is 27.5 Å².